The van der Waals surface area contributed by atoms with Crippen molar-refractivity contribution in [3.05, 3.63) is 0 Å². The molecule has 2 atom stereocenters. The van der Waals surface area contributed by atoms with Gasteiger partial charge in [0.15, 0.2) is 0 Å². The minimum atomic E-state index is -0.770. The molecular weight excluding hydrogens is 218 g/mol. The van der Waals surface area contributed by atoms with Gasteiger partial charge < -0.3 is 10.4 Å². The monoisotopic (exact) mass is 241 g/mol. The Bertz CT molecular complexity index is 299. The molecule has 0 radical (unpaired) electrons. The second kappa shape index (κ2) is 5.52. The lowest BCUT2D eigenvalue weighted by Crippen LogP contribution is -2.45. The summed E-state index contributed by atoms with van der Waals surface area (Å²) in [5, 5.41) is 11.9. The summed E-state index contributed by atoms with van der Waals surface area (Å²) in [6.07, 6.45) is 3.78. The Morgan fingerprint density at radius 2 is 1.88 bits per heavy atom. The fraction of sp³-hybridized carbons (Fsp3) is 0.846. The van der Waals surface area contributed by atoms with Crippen LogP contribution in [-0.2, 0) is 9.59 Å². The van der Waals surface area contributed by atoms with Gasteiger partial charge >= 0.3 is 5.97 Å². The van der Waals surface area contributed by atoms with Crippen LogP contribution in [0.5, 0.6) is 0 Å². The minimum absolute atomic E-state index is 0.0206. The van der Waals surface area contributed by atoms with Gasteiger partial charge in [-0.15, -0.1) is 0 Å². The lowest BCUT2D eigenvalue weighted by atomic mass is 9.96. The van der Waals surface area contributed by atoms with E-state index in [1.807, 2.05) is 13.8 Å². The van der Waals surface area contributed by atoms with E-state index in [2.05, 4.69) is 12.2 Å². The van der Waals surface area contributed by atoms with E-state index in [1.165, 1.54) is 0 Å². The molecule has 4 nitrogen and oxygen atoms in total. The molecule has 0 aliphatic heterocycles. The Kier molecular flexibility index (Phi) is 4.54. The highest BCUT2D eigenvalue weighted by Crippen LogP contribution is 2.31. The molecule has 1 amide bonds. The van der Waals surface area contributed by atoms with E-state index >= 15 is 0 Å². The summed E-state index contributed by atoms with van der Waals surface area (Å²) in [5.74, 6) is -1.20. The van der Waals surface area contributed by atoms with Gasteiger partial charge in [-0.3, -0.25) is 9.59 Å². The third-order valence-corrected chi connectivity index (χ3v) is 3.49. The number of rotatable bonds is 5. The van der Waals surface area contributed by atoms with Crippen LogP contribution in [-0.4, -0.2) is 22.5 Å². The molecule has 0 aromatic rings. The molecular formula is C13H23NO3. The van der Waals surface area contributed by atoms with E-state index in [0.717, 1.165) is 12.8 Å². The number of carbonyl (C=O) groups is 2. The van der Waals surface area contributed by atoms with E-state index in [1.54, 1.807) is 0 Å². The fourth-order valence-electron chi connectivity index (χ4n) is 2.57. The molecule has 2 N–H and O–H groups in total. The van der Waals surface area contributed by atoms with Gasteiger partial charge in [0, 0.05) is 11.5 Å². The van der Waals surface area contributed by atoms with Crippen molar-refractivity contribution in [1.29, 1.82) is 0 Å². The van der Waals surface area contributed by atoms with Crippen LogP contribution in [0.15, 0.2) is 0 Å². The maximum atomic E-state index is 12.0. The number of carboxylic acid groups (broad SMARTS) is 1. The molecule has 98 valence electrons. The number of carbonyl (C=O) groups excluding carboxylic acids is 1. The first kappa shape index (κ1) is 14.0. The van der Waals surface area contributed by atoms with Gasteiger partial charge in [0.2, 0.25) is 5.91 Å². The Morgan fingerprint density at radius 3 is 2.35 bits per heavy atom. The van der Waals surface area contributed by atoms with Crippen LogP contribution < -0.4 is 5.32 Å². The first-order valence-electron chi connectivity index (χ1n) is 6.40. The summed E-state index contributed by atoms with van der Waals surface area (Å²) in [4.78, 5) is 22.8. The number of hydrogen-bond acceptors (Lipinski definition) is 2. The van der Waals surface area contributed by atoms with Crippen molar-refractivity contribution in [3.63, 3.8) is 0 Å². The molecule has 1 aliphatic carbocycles. The lowest BCUT2D eigenvalue weighted by molar-refractivity contribution is -0.141. The van der Waals surface area contributed by atoms with Gasteiger partial charge in [0.25, 0.3) is 0 Å². The predicted octanol–water partition coefficient (Wildman–Crippen LogP) is 2.18. The average Bonchev–Trinajstić information content (AvgIpc) is 2.64. The smallest absolute Gasteiger partial charge is 0.306 e. The Balaban J connectivity index is 2.47. The van der Waals surface area contributed by atoms with Gasteiger partial charge in [0.1, 0.15) is 0 Å². The van der Waals surface area contributed by atoms with Gasteiger partial charge in [-0.25, -0.2) is 0 Å². The normalized spacial score (nSPS) is 24.6. The summed E-state index contributed by atoms with van der Waals surface area (Å²) in [6, 6.07) is 0. The summed E-state index contributed by atoms with van der Waals surface area (Å²) in [7, 11) is 0. The van der Waals surface area contributed by atoms with Crippen LogP contribution in [0.2, 0.25) is 0 Å². The van der Waals surface area contributed by atoms with Crippen molar-refractivity contribution >= 4 is 11.9 Å². The van der Waals surface area contributed by atoms with Crippen molar-refractivity contribution in [3.8, 4) is 0 Å². The highest BCUT2D eigenvalue weighted by Gasteiger charge is 2.35. The zero-order valence-corrected chi connectivity index (χ0v) is 11.0. The van der Waals surface area contributed by atoms with Gasteiger partial charge in [0.05, 0.1) is 5.92 Å². The SMILES string of the molecule is CCCC(C)(C)NC(=O)[C@@H]1CC[C@H](C(=O)O)C1. The third kappa shape index (κ3) is 4.02. The molecule has 0 saturated heterocycles. The van der Waals surface area contributed by atoms with Crippen molar-refractivity contribution < 1.29 is 14.7 Å². The highest BCUT2D eigenvalue weighted by atomic mass is 16.4. The third-order valence-electron chi connectivity index (χ3n) is 3.49. The van der Waals surface area contributed by atoms with E-state index in [9.17, 15) is 9.59 Å². The first-order chi connectivity index (χ1) is 7.85. The molecule has 1 rings (SSSR count). The number of amides is 1. The van der Waals surface area contributed by atoms with E-state index in [0.29, 0.717) is 19.3 Å². The van der Waals surface area contributed by atoms with Gasteiger partial charge in [-0.1, -0.05) is 13.3 Å². The minimum Gasteiger partial charge on any atom is -0.481 e. The molecule has 0 spiro atoms. The van der Waals surface area contributed by atoms with Gasteiger partial charge in [-0.05, 0) is 39.5 Å². The van der Waals surface area contributed by atoms with E-state index in [-0.39, 0.29) is 23.3 Å². The summed E-state index contributed by atoms with van der Waals surface area (Å²) >= 11 is 0. The maximum absolute atomic E-state index is 12.0. The topological polar surface area (TPSA) is 66.4 Å². The van der Waals surface area contributed by atoms with Crippen molar-refractivity contribution in [2.75, 3.05) is 0 Å². The zero-order chi connectivity index (χ0) is 13.1. The summed E-state index contributed by atoms with van der Waals surface area (Å²) in [6.45, 7) is 6.11. The molecule has 0 bridgehead atoms. The van der Waals surface area contributed by atoms with Crippen LogP contribution in [0.3, 0.4) is 0 Å². The zero-order valence-electron chi connectivity index (χ0n) is 11.0. The van der Waals surface area contributed by atoms with E-state index < -0.39 is 5.97 Å². The molecule has 1 fully saturated rings. The first-order valence-corrected chi connectivity index (χ1v) is 6.40. The second-order valence-electron chi connectivity index (χ2n) is 5.67. The highest BCUT2D eigenvalue weighted by molar-refractivity contribution is 5.81. The van der Waals surface area contributed by atoms with Crippen molar-refractivity contribution in [2.24, 2.45) is 11.8 Å². The second-order valence-corrected chi connectivity index (χ2v) is 5.67. The number of carboxylic acids is 1. The van der Waals surface area contributed by atoms with Crippen LogP contribution in [0.1, 0.15) is 52.9 Å². The summed E-state index contributed by atoms with van der Waals surface area (Å²) < 4.78 is 0. The Labute approximate surface area is 103 Å². The number of nitrogens with one attached hydrogen (secondary N) is 1. The average molecular weight is 241 g/mol. The maximum Gasteiger partial charge on any atom is 0.306 e. The lowest BCUT2D eigenvalue weighted by Gasteiger charge is -2.27. The largest absolute Gasteiger partial charge is 0.481 e. The predicted molar refractivity (Wildman–Crippen MR) is 65.6 cm³/mol. The molecule has 17 heavy (non-hydrogen) atoms. The van der Waals surface area contributed by atoms with Crippen LogP contribution in [0.4, 0.5) is 0 Å². The molecule has 0 heterocycles. The number of hydrogen-bond donors (Lipinski definition) is 2. The molecule has 0 aromatic heterocycles. The quantitative estimate of drug-likeness (QED) is 0.775. The standard InChI is InChI=1S/C13H23NO3/c1-4-7-13(2,3)14-11(15)9-5-6-10(8-9)12(16)17/h9-10H,4-8H2,1-3H3,(H,14,15)(H,16,17)/t9-,10+/m1/s1. The molecule has 1 saturated carbocycles. The van der Waals surface area contributed by atoms with E-state index in [4.69, 9.17) is 5.11 Å². The van der Waals surface area contributed by atoms with Crippen LogP contribution >= 0.6 is 0 Å². The van der Waals surface area contributed by atoms with Gasteiger partial charge in [-0.2, -0.15) is 0 Å². The number of aliphatic carboxylic acids is 1. The molecule has 1 aliphatic rings. The Morgan fingerprint density at radius 1 is 1.29 bits per heavy atom. The molecule has 0 unspecified atom stereocenters. The Hall–Kier alpha value is -1.06. The molecule has 0 aromatic carbocycles. The van der Waals surface area contributed by atoms with Crippen LogP contribution in [0.25, 0.3) is 0 Å². The fourth-order valence-corrected chi connectivity index (χ4v) is 2.57. The van der Waals surface area contributed by atoms with Crippen LogP contribution in [0, 0.1) is 11.8 Å². The van der Waals surface area contributed by atoms with Crippen molar-refractivity contribution in [1.82, 2.24) is 5.32 Å². The molecule has 4 heteroatoms. The summed E-state index contributed by atoms with van der Waals surface area (Å²) in [5.41, 5.74) is -0.187. The van der Waals surface area contributed by atoms with Crippen molar-refractivity contribution in [2.45, 2.75) is 58.4 Å².